The number of carboxylic acid groups (broad SMARTS) is 1. The summed E-state index contributed by atoms with van der Waals surface area (Å²) in [4.78, 5) is 37.0. The van der Waals surface area contributed by atoms with Crippen molar-refractivity contribution in [3.05, 3.63) is 134 Å². The first kappa shape index (κ1) is 60.5. The fraction of sp³-hybridized carbons (Fsp3) is 0.561. The molecule has 0 fully saturated rings. The summed E-state index contributed by atoms with van der Waals surface area (Å²) in [6, 6.07) is -0.753. The van der Waals surface area contributed by atoms with E-state index in [1.807, 2.05) is 0 Å². The number of quaternary nitrogens is 1. The van der Waals surface area contributed by atoms with Gasteiger partial charge >= 0.3 is 11.9 Å². The zero-order valence-corrected chi connectivity index (χ0v) is 41.3. The highest BCUT2D eigenvalue weighted by Gasteiger charge is 2.25. The normalized spacial score (nSPS) is 14.0. The SMILES string of the molecule is CC/C=C/C/C=C/C/C=C/C/C=C/C/C=C/C/C=C/CCCC(=O)OC(COCCC(C(=O)[O-])[N+](C)(C)C)COC(=O)CCCC/C=C/C/C=C/C/C=C/C/C=C/C/C=C/CCCCC. The Hall–Kier alpha value is -4.53. The molecular weight excluding hydrogens is 811 g/mol. The van der Waals surface area contributed by atoms with E-state index in [1.54, 1.807) is 21.1 Å². The highest BCUT2D eigenvalue weighted by Crippen LogP contribution is 2.10. The number of likely N-dealkylation sites (N-methyl/N-ethyl adjacent to an activating group) is 1. The minimum atomic E-state index is -1.15. The Bertz CT molecular complexity index is 1520. The van der Waals surface area contributed by atoms with Gasteiger partial charge in [0.05, 0.1) is 40.3 Å². The van der Waals surface area contributed by atoms with Crippen LogP contribution in [0.3, 0.4) is 0 Å². The summed E-state index contributed by atoms with van der Waals surface area (Å²) >= 11 is 0. The largest absolute Gasteiger partial charge is 0.544 e. The first-order valence-electron chi connectivity index (χ1n) is 24.7. The lowest BCUT2D eigenvalue weighted by Gasteiger charge is -2.34. The van der Waals surface area contributed by atoms with Gasteiger partial charge in [-0.15, -0.1) is 0 Å². The number of nitrogens with zero attached hydrogens (tertiary/aromatic N) is 1. The fourth-order valence-electron chi connectivity index (χ4n) is 6.22. The Morgan fingerprint density at radius 3 is 1.26 bits per heavy atom. The molecule has 8 heteroatoms. The Morgan fingerprint density at radius 2 is 0.862 bits per heavy atom. The summed E-state index contributed by atoms with van der Waals surface area (Å²) < 4.78 is 17.1. The van der Waals surface area contributed by atoms with Crippen molar-refractivity contribution in [2.24, 2.45) is 0 Å². The van der Waals surface area contributed by atoms with Crippen molar-refractivity contribution in [1.82, 2.24) is 0 Å². The number of unbranched alkanes of at least 4 members (excludes halogenated alkanes) is 6. The van der Waals surface area contributed by atoms with Crippen molar-refractivity contribution >= 4 is 17.9 Å². The van der Waals surface area contributed by atoms with Gasteiger partial charge in [0.2, 0.25) is 0 Å². The summed E-state index contributed by atoms with van der Waals surface area (Å²) in [5.74, 6) is -1.89. The second-order valence-corrected chi connectivity index (χ2v) is 17.0. The van der Waals surface area contributed by atoms with E-state index in [2.05, 4.69) is 148 Å². The Kier molecular flexibility index (Phi) is 42.8. The molecule has 0 aliphatic carbocycles. The third-order valence-electron chi connectivity index (χ3n) is 10.0. The fourth-order valence-corrected chi connectivity index (χ4v) is 6.22. The molecule has 0 saturated heterocycles. The van der Waals surface area contributed by atoms with Crippen LogP contribution in [-0.2, 0) is 28.6 Å². The molecule has 65 heavy (non-hydrogen) atoms. The average molecular weight is 900 g/mol. The molecule has 0 amide bonds. The molecule has 0 rings (SSSR count). The highest BCUT2D eigenvalue weighted by atomic mass is 16.6. The lowest BCUT2D eigenvalue weighted by molar-refractivity contribution is -0.889. The molecule has 364 valence electrons. The van der Waals surface area contributed by atoms with Crippen molar-refractivity contribution in [2.45, 2.75) is 167 Å². The van der Waals surface area contributed by atoms with Gasteiger partial charge in [-0.25, -0.2) is 0 Å². The van der Waals surface area contributed by atoms with Gasteiger partial charge in [0.15, 0.2) is 6.10 Å². The number of carbonyl (C=O) groups excluding carboxylic acids is 3. The summed E-state index contributed by atoms with van der Waals surface area (Å²) in [6.07, 6.45) is 66.3. The summed E-state index contributed by atoms with van der Waals surface area (Å²) in [6.45, 7) is 4.39. The van der Waals surface area contributed by atoms with Crippen LogP contribution in [0.25, 0.3) is 0 Å². The van der Waals surface area contributed by atoms with Crippen molar-refractivity contribution in [2.75, 3.05) is 41.0 Å². The molecule has 0 aromatic heterocycles. The number of esters is 2. The minimum absolute atomic E-state index is 0.00663. The van der Waals surface area contributed by atoms with E-state index in [4.69, 9.17) is 14.2 Å². The molecule has 0 aliphatic rings. The van der Waals surface area contributed by atoms with E-state index in [1.165, 1.54) is 25.7 Å². The number of carboxylic acids is 1. The maximum atomic E-state index is 12.7. The second-order valence-electron chi connectivity index (χ2n) is 17.0. The zero-order chi connectivity index (χ0) is 47.7. The monoisotopic (exact) mass is 900 g/mol. The molecule has 2 atom stereocenters. The van der Waals surface area contributed by atoms with Crippen LogP contribution in [0.4, 0.5) is 0 Å². The van der Waals surface area contributed by atoms with Crippen molar-refractivity contribution in [1.29, 1.82) is 0 Å². The van der Waals surface area contributed by atoms with E-state index in [0.29, 0.717) is 12.8 Å². The maximum absolute atomic E-state index is 12.7. The van der Waals surface area contributed by atoms with Crippen molar-refractivity contribution < 1.29 is 38.2 Å². The van der Waals surface area contributed by atoms with Gasteiger partial charge in [0.1, 0.15) is 12.6 Å². The molecule has 0 bridgehead atoms. The van der Waals surface area contributed by atoms with E-state index in [-0.39, 0.29) is 49.5 Å². The van der Waals surface area contributed by atoms with Gasteiger partial charge in [-0.05, 0) is 109 Å². The molecule has 0 aromatic rings. The summed E-state index contributed by atoms with van der Waals surface area (Å²) in [5.41, 5.74) is 0. The molecule has 8 nitrogen and oxygen atoms in total. The minimum Gasteiger partial charge on any atom is -0.544 e. The zero-order valence-electron chi connectivity index (χ0n) is 41.3. The number of allylic oxidation sites excluding steroid dienone is 22. The third kappa shape index (κ3) is 44.5. The van der Waals surface area contributed by atoms with Gasteiger partial charge in [0.25, 0.3) is 0 Å². The first-order chi connectivity index (χ1) is 31.6. The summed E-state index contributed by atoms with van der Waals surface area (Å²) in [5, 5.41) is 11.7. The van der Waals surface area contributed by atoms with E-state index in [9.17, 15) is 19.5 Å². The van der Waals surface area contributed by atoms with E-state index >= 15 is 0 Å². The first-order valence-corrected chi connectivity index (χ1v) is 24.7. The number of aliphatic carboxylic acids is 1. The van der Waals surface area contributed by atoms with Gasteiger partial charge in [0, 0.05) is 19.3 Å². The van der Waals surface area contributed by atoms with Crippen LogP contribution >= 0.6 is 0 Å². The Labute approximate surface area is 396 Å². The highest BCUT2D eigenvalue weighted by molar-refractivity contribution is 5.70. The standard InChI is InChI=1S/C57H89NO7/c1-6-8-10-12-14-16-18-20-22-24-26-28-30-31-33-35-37-39-41-43-45-47-55(59)64-52-53(51-63-50-49-54(57(61)62)58(3,4)5)65-56(60)48-46-44-42-40-38-36-34-32-29-27-25-23-21-19-17-15-13-11-9-7-2/h9,11,14-17,20-23,26-29,31,33-34,36-37,39-40,42,53-54H,6-8,10,12-13,18-19,24-25,30,32,35,38,41,43-52H2,1-5H3/b11-9+,16-14+,17-15+,22-20+,23-21+,28-26+,29-27+,33-31+,36-34+,39-37+,42-40+. The van der Waals surface area contributed by atoms with Crippen molar-refractivity contribution in [3.63, 3.8) is 0 Å². The maximum Gasteiger partial charge on any atom is 0.306 e. The van der Waals surface area contributed by atoms with Gasteiger partial charge < -0.3 is 28.6 Å². The molecule has 0 N–H and O–H groups in total. The predicted octanol–water partition coefficient (Wildman–Crippen LogP) is 13.0. The number of hydrogen-bond donors (Lipinski definition) is 0. The molecule has 0 saturated carbocycles. The smallest absolute Gasteiger partial charge is 0.306 e. The Morgan fingerprint density at radius 1 is 0.477 bits per heavy atom. The number of rotatable bonds is 42. The average Bonchev–Trinajstić information content (AvgIpc) is 3.27. The molecule has 0 heterocycles. The van der Waals surface area contributed by atoms with Gasteiger partial charge in [-0.3, -0.25) is 9.59 Å². The number of ether oxygens (including phenoxy) is 3. The molecule has 2 unspecified atom stereocenters. The van der Waals surface area contributed by atoms with Crippen LogP contribution < -0.4 is 5.11 Å². The van der Waals surface area contributed by atoms with Gasteiger partial charge in [-0.2, -0.15) is 0 Å². The molecule has 0 aliphatic heterocycles. The van der Waals surface area contributed by atoms with E-state index in [0.717, 1.165) is 83.5 Å². The molecule has 0 aromatic carbocycles. The van der Waals surface area contributed by atoms with Gasteiger partial charge in [-0.1, -0.05) is 160 Å². The number of carbonyl (C=O) groups is 3. The van der Waals surface area contributed by atoms with Crippen LogP contribution in [0.5, 0.6) is 0 Å². The lowest BCUT2D eigenvalue weighted by atomic mass is 10.1. The van der Waals surface area contributed by atoms with Crippen LogP contribution in [0.2, 0.25) is 0 Å². The Balaban J connectivity index is 4.50. The van der Waals surface area contributed by atoms with Crippen LogP contribution in [0.15, 0.2) is 134 Å². The molecule has 0 radical (unpaired) electrons. The van der Waals surface area contributed by atoms with Crippen LogP contribution in [0, 0.1) is 0 Å². The molecular formula is C57H89NO7. The van der Waals surface area contributed by atoms with Crippen LogP contribution in [0.1, 0.15) is 155 Å². The predicted molar refractivity (Wildman–Crippen MR) is 272 cm³/mol. The molecule has 0 spiro atoms. The summed E-state index contributed by atoms with van der Waals surface area (Å²) in [7, 11) is 5.36. The third-order valence-corrected chi connectivity index (χ3v) is 10.0. The lowest BCUT2D eigenvalue weighted by Crippen LogP contribution is -2.55. The quantitative estimate of drug-likeness (QED) is 0.0260. The topological polar surface area (TPSA) is 102 Å². The number of hydrogen-bond acceptors (Lipinski definition) is 7. The second kappa shape index (κ2) is 46.0. The van der Waals surface area contributed by atoms with Crippen LogP contribution in [-0.4, -0.2) is 75.5 Å². The van der Waals surface area contributed by atoms with Crippen molar-refractivity contribution in [3.8, 4) is 0 Å². The van der Waals surface area contributed by atoms with E-state index < -0.39 is 24.1 Å².